The highest BCUT2D eigenvalue weighted by Gasteiger charge is 2.38. The summed E-state index contributed by atoms with van der Waals surface area (Å²) in [7, 11) is 0. The first-order valence-corrected chi connectivity index (χ1v) is 6.58. The zero-order chi connectivity index (χ0) is 11.9. The molecule has 0 bridgehead atoms. The van der Waals surface area contributed by atoms with Gasteiger partial charge in [-0.15, -0.1) is 11.3 Å². The van der Waals surface area contributed by atoms with Gasteiger partial charge in [0, 0.05) is 18.0 Å². The first-order chi connectivity index (χ1) is 7.38. The Morgan fingerprint density at radius 2 is 2.25 bits per heavy atom. The van der Waals surface area contributed by atoms with Crippen LogP contribution in [0.2, 0.25) is 0 Å². The second-order valence-corrected chi connectivity index (χ2v) is 6.46. The molecule has 0 saturated carbocycles. The third-order valence-corrected chi connectivity index (χ3v) is 4.63. The highest BCUT2D eigenvalue weighted by Crippen LogP contribution is 2.28. The van der Waals surface area contributed by atoms with E-state index in [1.165, 1.54) is 9.88 Å². The molecule has 3 nitrogen and oxygen atoms in total. The molecule has 2 rings (SSSR count). The van der Waals surface area contributed by atoms with E-state index >= 15 is 0 Å². The summed E-state index contributed by atoms with van der Waals surface area (Å²) in [6.45, 7) is 10.8. The van der Waals surface area contributed by atoms with Gasteiger partial charge in [0.2, 0.25) is 0 Å². The van der Waals surface area contributed by atoms with Crippen molar-refractivity contribution in [2.24, 2.45) is 5.92 Å². The van der Waals surface area contributed by atoms with Gasteiger partial charge < -0.3 is 5.11 Å². The van der Waals surface area contributed by atoms with Gasteiger partial charge in [-0.3, -0.25) is 4.90 Å². The summed E-state index contributed by atoms with van der Waals surface area (Å²) in [5.41, 5.74) is 0.598. The zero-order valence-corrected chi connectivity index (χ0v) is 11.3. The van der Waals surface area contributed by atoms with Gasteiger partial charge in [0.05, 0.1) is 17.8 Å². The molecule has 0 aliphatic carbocycles. The molecule has 0 aromatic carbocycles. The minimum atomic E-state index is -0.540. The number of aromatic nitrogens is 1. The van der Waals surface area contributed by atoms with Gasteiger partial charge in [-0.25, -0.2) is 4.98 Å². The molecule has 0 amide bonds. The minimum Gasteiger partial charge on any atom is -0.389 e. The fourth-order valence-electron chi connectivity index (χ4n) is 2.18. The second-order valence-electron chi connectivity index (χ2n) is 5.18. The van der Waals surface area contributed by atoms with E-state index in [9.17, 15) is 5.11 Å². The molecule has 0 spiro atoms. The minimum absolute atomic E-state index is 0.342. The van der Waals surface area contributed by atoms with Crippen LogP contribution in [0.1, 0.15) is 29.4 Å². The molecule has 1 N–H and O–H groups in total. The largest absolute Gasteiger partial charge is 0.389 e. The highest BCUT2D eigenvalue weighted by atomic mass is 32.1. The zero-order valence-electron chi connectivity index (χ0n) is 10.4. The van der Waals surface area contributed by atoms with E-state index in [-0.39, 0.29) is 0 Å². The van der Waals surface area contributed by atoms with Gasteiger partial charge in [0.15, 0.2) is 0 Å². The lowest BCUT2D eigenvalue weighted by Crippen LogP contribution is -2.32. The van der Waals surface area contributed by atoms with E-state index < -0.39 is 5.60 Å². The van der Waals surface area contributed by atoms with Gasteiger partial charge in [-0.05, 0) is 26.7 Å². The molecule has 1 aromatic rings. The van der Waals surface area contributed by atoms with Crippen molar-refractivity contribution in [2.75, 3.05) is 13.1 Å². The molecule has 90 valence electrons. The summed E-state index contributed by atoms with van der Waals surface area (Å²) in [6.07, 6.45) is 0. The van der Waals surface area contributed by atoms with Crippen molar-refractivity contribution in [1.82, 2.24) is 9.88 Å². The molecule has 2 heterocycles. The van der Waals surface area contributed by atoms with Crippen molar-refractivity contribution in [2.45, 2.75) is 39.8 Å². The molecular formula is C12H20N2OS. The van der Waals surface area contributed by atoms with Crippen LogP contribution in [0.3, 0.4) is 0 Å². The van der Waals surface area contributed by atoms with Crippen LogP contribution in [-0.2, 0) is 6.54 Å². The van der Waals surface area contributed by atoms with Crippen molar-refractivity contribution in [1.29, 1.82) is 0 Å². The van der Waals surface area contributed by atoms with Gasteiger partial charge >= 0.3 is 0 Å². The molecule has 4 heteroatoms. The van der Waals surface area contributed by atoms with Gasteiger partial charge in [0.1, 0.15) is 5.01 Å². The van der Waals surface area contributed by atoms with Gasteiger partial charge in [-0.1, -0.05) is 6.92 Å². The predicted molar refractivity (Wildman–Crippen MR) is 66.7 cm³/mol. The third-order valence-electron chi connectivity index (χ3n) is 3.57. The Kier molecular flexibility index (Phi) is 3.07. The number of β-amino-alcohol motifs (C(OH)–C–C–N with tert-alkyl or cyclic N) is 1. The molecular weight excluding hydrogens is 220 g/mol. The molecule has 16 heavy (non-hydrogen) atoms. The average molecular weight is 240 g/mol. The van der Waals surface area contributed by atoms with Crippen LogP contribution in [0.25, 0.3) is 0 Å². The van der Waals surface area contributed by atoms with Crippen LogP contribution < -0.4 is 0 Å². The standard InChI is InChI=1S/C12H20N2OS/c1-8-5-14(7-12(8,4)15)6-11-13-9(2)10(3)16-11/h8,15H,5-7H2,1-4H3/t8-,12+/m1/s1. The number of hydrogen-bond acceptors (Lipinski definition) is 4. The number of nitrogens with zero attached hydrogens (tertiary/aromatic N) is 2. The lowest BCUT2D eigenvalue weighted by atomic mass is 9.95. The van der Waals surface area contributed by atoms with Crippen molar-refractivity contribution in [3.05, 3.63) is 15.6 Å². The van der Waals surface area contributed by atoms with E-state index in [0.717, 1.165) is 25.3 Å². The summed E-state index contributed by atoms with van der Waals surface area (Å²) >= 11 is 1.77. The average Bonchev–Trinajstić information content (AvgIpc) is 2.55. The molecule has 0 radical (unpaired) electrons. The Morgan fingerprint density at radius 1 is 1.56 bits per heavy atom. The molecule has 0 unspecified atom stereocenters. The van der Waals surface area contributed by atoms with E-state index in [2.05, 4.69) is 30.7 Å². The number of likely N-dealkylation sites (tertiary alicyclic amines) is 1. The van der Waals surface area contributed by atoms with E-state index in [4.69, 9.17) is 0 Å². The van der Waals surface area contributed by atoms with E-state index in [1.54, 1.807) is 11.3 Å². The van der Waals surface area contributed by atoms with Crippen molar-refractivity contribution < 1.29 is 5.11 Å². The summed E-state index contributed by atoms with van der Waals surface area (Å²) in [6, 6.07) is 0. The van der Waals surface area contributed by atoms with Gasteiger partial charge in [0.25, 0.3) is 0 Å². The first kappa shape index (κ1) is 12.0. The summed E-state index contributed by atoms with van der Waals surface area (Å²) in [5, 5.41) is 11.3. The van der Waals surface area contributed by atoms with E-state index in [0.29, 0.717) is 5.92 Å². The molecule has 1 aliphatic rings. The molecule has 1 saturated heterocycles. The maximum atomic E-state index is 10.1. The molecule has 1 aromatic heterocycles. The maximum Gasteiger partial charge on any atom is 0.107 e. The van der Waals surface area contributed by atoms with Crippen LogP contribution in [-0.4, -0.2) is 33.7 Å². The molecule has 1 aliphatic heterocycles. The van der Waals surface area contributed by atoms with E-state index in [1.807, 2.05) is 6.92 Å². The molecule has 2 atom stereocenters. The van der Waals surface area contributed by atoms with Crippen molar-refractivity contribution >= 4 is 11.3 Å². The topological polar surface area (TPSA) is 36.4 Å². The number of thiazole rings is 1. The number of aryl methyl sites for hydroxylation is 2. The van der Waals surface area contributed by atoms with Crippen LogP contribution >= 0.6 is 11.3 Å². The fraction of sp³-hybridized carbons (Fsp3) is 0.750. The monoisotopic (exact) mass is 240 g/mol. The number of hydrogen-bond donors (Lipinski definition) is 1. The first-order valence-electron chi connectivity index (χ1n) is 5.76. The third kappa shape index (κ3) is 2.29. The fourth-order valence-corrected chi connectivity index (χ4v) is 3.15. The maximum absolute atomic E-state index is 10.1. The lowest BCUT2D eigenvalue weighted by Gasteiger charge is -2.20. The Balaban J connectivity index is 2.02. The van der Waals surface area contributed by atoms with Crippen LogP contribution in [0, 0.1) is 19.8 Å². The lowest BCUT2D eigenvalue weighted by molar-refractivity contribution is 0.0364. The smallest absolute Gasteiger partial charge is 0.107 e. The second kappa shape index (κ2) is 4.09. The summed E-state index contributed by atoms with van der Waals surface area (Å²) in [5.74, 6) is 0.342. The predicted octanol–water partition coefficient (Wildman–Crippen LogP) is 1.96. The summed E-state index contributed by atoms with van der Waals surface area (Å²) in [4.78, 5) is 8.14. The SMILES string of the molecule is Cc1nc(CN2C[C@@H](C)[C@@](C)(O)C2)sc1C. The van der Waals surface area contributed by atoms with Crippen LogP contribution in [0.4, 0.5) is 0 Å². The van der Waals surface area contributed by atoms with Crippen molar-refractivity contribution in [3.8, 4) is 0 Å². The quantitative estimate of drug-likeness (QED) is 0.858. The highest BCUT2D eigenvalue weighted by molar-refractivity contribution is 7.11. The normalized spacial score (nSPS) is 31.2. The van der Waals surface area contributed by atoms with Gasteiger partial charge in [-0.2, -0.15) is 0 Å². The van der Waals surface area contributed by atoms with Crippen LogP contribution in [0.15, 0.2) is 0 Å². The Labute approximate surface area is 101 Å². The molecule has 1 fully saturated rings. The Bertz CT molecular complexity index is 367. The van der Waals surface area contributed by atoms with Crippen molar-refractivity contribution in [3.63, 3.8) is 0 Å². The number of rotatable bonds is 2. The Hall–Kier alpha value is -0.450. The Morgan fingerprint density at radius 3 is 2.69 bits per heavy atom. The van der Waals surface area contributed by atoms with Crippen LogP contribution in [0.5, 0.6) is 0 Å². The number of aliphatic hydroxyl groups is 1. The summed E-state index contributed by atoms with van der Waals surface area (Å²) < 4.78 is 0.